The van der Waals surface area contributed by atoms with Crippen LogP contribution in [0.1, 0.15) is 36.1 Å². The van der Waals surface area contributed by atoms with Gasteiger partial charge in [-0.25, -0.2) is 9.13 Å². The van der Waals surface area contributed by atoms with Crippen molar-refractivity contribution in [1.82, 2.24) is 0 Å². The first kappa shape index (κ1) is 39.0. The maximum absolute atomic E-state index is 14.3. The number of benzene rings is 4. The second-order valence-electron chi connectivity index (χ2n) is 11.6. The molecule has 1 aliphatic carbocycles. The van der Waals surface area contributed by atoms with Gasteiger partial charge in [-0.2, -0.15) is 0 Å². The standard InChI is InChI=1S/C38H40O12P2/c1-29(39)47-37-35(49-51(41,43-25-31-15-7-3-8-16-31)44-26-32-17-9-4-10-18-32)23-24-36(38(37)48-30(2)40)50-52(42,45-27-33-19-11-5-12-20-33)46-28-34-21-13-6-14-22-34/h3-24,35-38H,25-28H2,1-2H3/t35-,36-,37+,38+/m1/s1. The first-order valence-electron chi connectivity index (χ1n) is 16.4. The Morgan fingerprint density at radius 1 is 0.462 bits per heavy atom. The molecule has 0 radical (unpaired) electrons. The van der Waals surface area contributed by atoms with Crippen molar-refractivity contribution in [2.24, 2.45) is 0 Å². The number of carbonyl (C=O) groups excluding carboxylic acids is 2. The molecule has 0 saturated heterocycles. The number of carbonyl (C=O) groups is 2. The van der Waals surface area contributed by atoms with Gasteiger partial charge < -0.3 is 9.47 Å². The Kier molecular flexibility index (Phi) is 14.3. The van der Waals surface area contributed by atoms with E-state index in [4.69, 9.17) is 36.6 Å². The number of hydrogen-bond acceptors (Lipinski definition) is 12. The summed E-state index contributed by atoms with van der Waals surface area (Å²) in [6.07, 6.45) is -2.88. The summed E-state index contributed by atoms with van der Waals surface area (Å²) in [5.74, 6) is -1.56. The summed E-state index contributed by atoms with van der Waals surface area (Å²) in [4.78, 5) is 24.9. The smallest absolute Gasteiger partial charge is 0.455 e. The molecule has 0 amide bonds. The van der Waals surface area contributed by atoms with E-state index in [2.05, 4.69) is 0 Å². The maximum atomic E-state index is 14.3. The Hall–Kier alpha value is -4.22. The lowest BCUT2D eigenvalue weighted by molar-refractivity contribution is -0.181. The number of rotatable bonds is 18. The summed E-state index contributed by atoms with van der Waals surface area (Å²) in [5, 5.41) is 0. The van der Waals surface area contributed by atoms with Crippen LogP contribution in [0.4, 0.5) is 0 Å². The van der Waals surface area contributed by atoms with E-state index in [-0.39, 0.29) is 26.4 Å². The van der Waals surface area contributed by atoms with Crippen molar-refractivity contribution in [1.29, 1.82) is 0 Å². The fraction of sp³-hybridized carbons (Fsp3) is 0.263. The van der Waals surface area contributed by atoms with Crippen LogP contribution in [0, 0.1) is 0 Å². The summed E-state index contributed by atoms with van der Waals surface area (Å²) in [6.45, 7) is 1.74. The molecular weight excluding hydrogens is 710 g/mol. The van der Waals surface area contributed by atoms with Crippen LogP contribution in [0.2, 0.25) is 0 Å². The van der Waals surface area contributed by atoms with Crippen LogP contribution in [0.25, 0.3) is 0 Å². The highest BCUT2D eigenvalue weighted by atomic mass is 31.2. The third-order valence-electron chi connectivity index (χ3n) is 7.50. The maximum Gasteiger partial charge on any atom is 0.476 e. The SMILES string of the molecule is CC(=O)O[C@@H]1[C@@H](OC(C)=O)[C@H](OP(=O)(OCc2ccccc2)OCc2ccccc2)C=C[C@H]1OP(=O)(OCc1ccccc1)OCc1ccccc1. The van der Waals surface area contributed by atoms with E-state index in [1.165, 1.54) is 12.2 Å². The van der Waals surface area contributed by atoms with E-state index in [0.717, 1.165) is 13.8 Å². The minimum atomic E-state index is -4.44. The van der Waals surface area contributed by atoms with E-state index >= 15 is 0 Å². The van der Waals surface area contributed by atoms with Gasteiger partial charge in [-0.15, -0.1) is 0 Å². The molecule has 4 aromatic carbocycles. The quantitative estimate of drug-likeness (QED) is 0.0549. The number of phosphoric ester groups is 2. The summed E-state index contributed by atoms with van der Waals surface area (Å²) in [7, 11) is -8.88. The summed E-state index contributed by atoms with van der Waals surface area (Å²) >= 11 is 0. The molecule has 14 heteroatoms. The number of esters is 2. The Balaban J connectivity index is 1.43. The number of hydrogen-bond donors (Lipinski definition) is 0. The van der Waals surface area contributed by atoms with Crippen LogP contribution in [0.5, 0.6) is 0 Å². The van der Waals surface area contributed by atoms with Crippen molar-refractivity contribution < 1.29 is 55.3 Å². The van der Waals surface area contributed by atoms with Gasteiger partial charge in [0.15, 0.2) is 12.2 Å². The molecule has 0 aliphatic heterocycles. The van der Waals surface area contributed by atoms with E-state index in [9.17, 15) is 18.7 Å². The summed E-state index contributed by atoms with van der Waals surface area (Å²) < 4.78 is 74.9. The second kappa shape index (κ2) is 19.0. The molecule has 1 aliphatic rings. The van der Waals surface area contributed by atoms with Gasteiger partial charge >= 0.3 is 27.6 Å². The molecule has 0 bridgehead atoms. The van der Waals surface area contributed by atoms with Gasteiger partial charge in [0, 0.05) is 13.8 Å². The minimum Gasteiger partial charge on any atom is -0.455 e. The highest BCUT2D eigenvalue weighted by Crippen LogP contribution is 2.55. The van der Waals surface area contributed by atoms with Gasteiger partial charge in [0.05, 0.1) is 26.4 Å². The highest BCUT2D eigenvalue weighted by molar-refractivity contribution is 7.48. The van der Waals surface area contributed by atoms with E-state index in [1.807, 2.05) is 24.3 Å². The zero-order valence-electron chi connectivity index (χ0n) is 28.6. The Labute approximate surface area is 302 Å². The summed E-state index contributed by atoms with van der Waals surface area (Å²) in [6, 6.07) is 35.9. The fourth-order valence-electron chi connectivity index (χ4n) is 5.06. The van der Waals surface area contributed by atoms with Crippen molar-refractivity contribution in [2.75, 3.05) is 0 Å². The molecule has 5 rings (SSSR count). The lowest BCUT2D eigenvalue weighted by atomic mass is 9.96. The topological polar surface area (TPSA) is 142 Å². The lowest BCUT2D eigenvalue weighted by Gasteiger charge is -2.38. The van der Waals surface area contributed by atoms with E-state index < -0.39 is 52.0 Å². The van der Waals surface area contributed by atoms with Gasteiger partial charge in [-0.1, -0.05) is 133 Å². The third kappa shape index (κ3) is 12.2. The molecular formula is C38H40O12P2. The second-order valence-corrected chi connectivity index (χ2v) is 14.8. The van der Waals surface area contributed by atoms with E-state index in [1.54, 1.807) is 97.1 Å². The molecule has 0 saturated carbocycles. The predicted molar refractivity (Wildman–Crippen MR) is 190 cm³/mol. The van der Waals surface area contributed by atoms with Crippen molar-refractivity contribution in [3.8, 4) is 0 Å². The minimum absolute atomic E-state index is 0.138. The molecule has 0 aromatic heterocycles. The van der Waals surface area contributed by atoms with Gasteiger partial charge in [0.1, 0.15) is 12.2 Å². The van der Waals surface area contributed by atoms with Crippen molar-refractivity contribution in [3.05, 3.63) is 156 Å². The predicted octanol–water partition coefficient (Wildman–Crippen LogP) is 8.27. The Bertz CT molecular complexity index is 1610. The highest BCUT2D eigenvalue weighted by Gasteiger charge is 2.48. The van der Waals surface area contributed by atoms with Crippen molar-refractivity contribution in [3.63, 3.8) is 0 Å². The Morgan fingerprint density at radius 2 is 0.712 bits per heavy atom. The fourth-order valence-corrected chi connectivity index (χ4v) is 7.66. The van der Waals surface area contributed by atoms with Crippen molar-refractivity contribution >= 4 is 27.6 Å². The third-order valence-corrected chi connectivity index (χ3v) is 10.3. The van der Waals surface area contributed by atoms with Crippen LogP contribution in [-0.4, -0.2) is 36.4 Å². The van der Waals surface area contributed by atoms with Crippen LogP contribution in [0.3, 0.4) is 0 Å². The average Bonchev–Trinajstić information content (AvgIpc) is 3.15. The molecule has 0 N–H and O–H groups in total. The molecule has 0 unspecified atom stereocenters. The van der Waals surface area contributed by atoms with Crippen LogP contribution < -0.4 is 0 Å². The average molecular weight is 751 g/mol. The Morgan fingerprint density at radius 3 is 0.942 bits per heavy atom. The molecule has 12 nitrogen and oxygen atoms in total. The molecule has 4 aromatic rings. The van der Waals surface area contributed by atoms with Crippen molar-refractivity contribution in [2.45, 2.75) is 64.7 Å². The number of ether oxygens (including phenoxy) is 2. The molecule has 274 valence electrons. The normalized spacial score (nSPS) is 18.8. The monoisotopic (exact) mass is 750 g/mol. The molecule has 0 fully saturated rings. The molecule has 4 atom stereocenters. The largest absolute Gasteiger partial charge is 0.476 e. The van der Waals surface area contributed by atoms with Crippen LogP contribution in [0.15, 0.2) is 133 Å². The molecule has 0 spiro atoms. The zero-order valence-corrected chi connectivity index (χ0v) is 30.4. The molecule has 0 heterocycles. The lowest BCUT2D eigenvalue weighted by Crippen LogP contribution is -2.52. The van der Waals surface area contributed by atoms with Gasteiger partial charge in [-0.3, -0.25) is 36.7 Å². The van der Waals surface area contributed by atoms with Gasteiger partial charge in [0.2, 0.25) is 0 Å². The zero-order chi connectivity index (χ0) is 36.8. The van der Waals surface area contributed by atoms with Crippen LogP contribution >= 0.6 is 15.6 Å². The number of phosphoric acid groups is 2. The first-order valence-corrected chi connectivity index (χ1v) is 19.4. The van der Waals surface area contributed by atoms with Gasteiger partial charge in [0.25, 0.3) is 0 Å². The first-order chi connectivity index (χ1) is 25.1. The van der Waals surface area contributed by atoms with Gasteiger partial charge in [-0.05, 0) is 22.3 Å². The van der Waals surface area contributed by atoms with Crippen LogP contribution in [-0.2, 0) is 81.8 Å². The van der Waals surface area contributed by atoms with E-state index in [0.29, 0.717) is 22.3 Å². The summed E-state index contributed by atoms with van der Waals surface area (Å²) in [5.41, 5.74) is 2.77. The molecule has 52 heavy (non-hydrogen) atoms.